The van der Waals surface area contributed by atoms with Gasteiger partial charge < -0.3 is 15.5 Å². The molecule has 0 aromatic heterocycles. The van der Waals surface area contributed by atoms with Gasteiger partial charge in [0.25, 0.3) is 5.09 Å². The first-order valence-electron chi connectivity index (χ1n) is 4.98. The molecule has 1 fully saturated rings. The fourth-order valence-electron chi connectivity index (χ4n) is 1.45. The molecule has 15 heavy (non-hydrogen) atoms. The molecule has 0 radical (unpaired) electrons. The van der Waals surface area contributed by atoms with E-state index in [2.05, 4.69) is 15.5 Å². The van der Waals surface area contributed by atoms with Gasteiger partial charge in [-0.05, 0) is 25.8 Å². The number of hydrogen-bond acceptors (Lipinski definition) is 5. The Kier molecular flexibility index (Phi) is 4.82. The first kappa shape index (κ1) is 11.7. The van der Waals surface area contributed by atoms with Gasteiger partial charge >= 0.3 is 0 Å². The molecule has 0 spiro atoms. The maximum absolute atomic E-state index is 11.4. The molecule has 0 saturated carbocycles. The van der Waals surface area contributed by atoms with E-state index in [9.17, 15) is 14.9 Å². The van der Waals surface area contributed by atoms with Crippen molar-refractivity contribution in [1.82, 2.24) is 10.6 Å². The molecule has 1 rings (SSSR count). The van der Waals surface area contributed by atoms with Gasteiger partial charge in [-0.1, -0.05) is 0 Å². The Bertz CT molecular complexity index is 228. The average molecular weight is 217 g/mol. The van der Waals surface area contributed by atoms with Gasteiger partial charge in [-0.2, -0.15) is 0 Å². The van der Waals surface area contributed by atoms with Crippen LogP contribution in [0.3, 0.4) is 0 Å². The second-order valence-electron chi connectivity index (χ2n) is 3.35. The predicted octanol–water partition coefficient (Wildman–Crippen LogP) is -0.547. The van der Waals surface area contributed by atoms with Gasteiger partial charge in [0.05, 0.1) is 12.6 Å². The van der Waals surface area contributed by atoms with Crippen molar-refractivity contribution in [1.29, 1.82) is 0 Å². The van der Waals surface area contributed by atoms with E-state index in [1.807, 2.05) is 0 Å². The Labute approximate surface area is 87.3 Å². The number of carbonyl (C=O) groups excluding carboxylic acids is 1. The van der Waals surface area contributed by atoms with Crippen molar-refractivity contribution in [2.45, 2.75) is 25.3 Å². The molecule has 1 aliphatic heterocycles. The third-order valence-corrected chi connectivity index (χ3v) is 2.19. The first-order chi connectivity index (χ1) is 7.20. The highest BCUT2D eigenvalue weighted by Gasteiger charge is 2.20. The van der Waals surface area contributed by atoms with E-state index in [0.29, 0.717) is 13.0 Å². The van der Waals surface area contributed by atoms with E-state index in [1.165, 1.54) is 0 Å². The van der Waals surface area contributed by atoms with Crippen LogP contribution in [-0.2, 0) is 9.63 Å². The highest BCUT2D eigenvalue weighted by atomic mass is 16.9. The molecule has 1 atom stereocenters. The van der Waals surface area contributed by atoms with Gasteiger partial charge in [0.15, 0.2) is 0 Å². The molecular formula is C8H15N3O4. The lowest BCUT2D eigenvalue weighted by molar-refractivity contribution is -0.757. The van der Waals surface area contributed by atoms with Crippen LogP contribution in [-0.4, -0.2) is 36.7 Å². The fourth-order valence-corrected chi connectivity index (χ4v) is 1.45. The van der Waals surface area contributed by atoms with E-state index >= 15 is 0 Å². The molecule has 1 unspecified atom stereocenters. The van der Waals surface area contributed by atoms with Gasteiger partial charge in [0, 0.05) is 6.54 Å². The largest absolute Gasteiger partial charge is 0.355 e. The maximum atomic E-state index is 11.4. The third-order valence-electron chi connectivity index (χ3n) is 2.19. The summed E-state index contributed by atoms with van der Waals surface area (Å²) < 4.78 is 0. The fraction of sp³-hybridized carbons (Fsp3) is 0.875. The zero-order valence-corrected chi connectivity index (χ0v) is 8.40. The van der Waals surface area contributed by atoms with Crippen LogP contribution in [0.15, 0.2) is 0 Å². The first-order valence-corrected chi connectivity index (χ1v) is 4.98. The van der Waals surface area contributed by atoms with Crippen LogP contribution in [0.25, 0.3) is 0 Å². The number of hydrogen-bond donors (Lipinski definition) is 2. The Morgan fingerprint density at radius 1 is 1.67 bits per heavy atom. The summed E-state index contributed by atoms with van der Waals surface area (Å²) in [6.07, 6.45) is 2.32. The van der Waals surface area contributed by atoms with E-state index in [1.54, 1.807) is 0 Å². The Morgan fingerprint density at radius 2 is 2.47 bits per heavy atom. The van der Waals surface area contributed by atoms with E-state index in [4.69, 9.17) is 0 Å². The lowest BCUT2D eigenvalue weighted by Gasteiger charge is -2.10. The summed E-state index contributed by atoms with van der Waals surface area (Å²) in [6.45, 7) is 1.30. The van der Waals surface area contributed by atoms with Crippen molar-refractivity contribution in [3.63, 3.8) is 0 Å². The van der Waals surface area contributed by atoms with E-state index in [-0.39, 0.29) is 18.6 Å². The normalized spacial score (nSPS) is 19.9. The average Bonchev–Trinajstić information content (AvgIpc) is 2.69. The highest BCUT2D eigenvalue weighted by Crippen LogP contribution is 2.04. The van der Waals surface area contributed by atoms with Crippen molar-refractivity contribution >= 4 is 5.91 Å². The van der Waals surface area contributed by atoms with Crippen LogP contribution in [0, 0.1) is 10.1 Å². The van der Waals surface area contributed by atoms with Crippen LogP contribution >= 0.6 is 0 Å². The number of nitrogens with one attached hydrogen (secondary N) is 2. The smallest absolute Gasteiger partial charge is 0.294 e. The molecule has 1 aliphatic rings. The Morgan fingerprint density at radius 3 is 3.07 bits per heavy atom. The van der Waals surface area contributed by atoms with Gasteiger partial charge in [-0.3, -0.25) is 4.79 Å². The summed E-state index contributed by atoms with van der Waals surface area (Å²) in [5.74, 6) is -0.0337. The van der Waals surface area contributed by atoms with Gasteiger partial charge in [-0.15, -0.1) is 10.1 Å². The quantitative estimate of drug-likeness (QED) is 0.354. The van der Waals surface area contributed by atoms with E-state index in [0.717, 1.165) is 19.4 Å². The molecule has 1 amide bonds. The zero-order chi connectivity index (χ0) is 11.1. The minimum Gasteiger partial charge on any atom is -0.355 e. The van der Waals surface area contributed by atoms with Crippen molar-refractivity contribution in [2.24, 2.45) is 0 Å². The van der Waals surface area contributed by atoms with Crippen LogP contribution in [0.4, 0.5) is 0 Å². The molecular weight excluding hydrogens is 202 g/mol. The molecule has 0 bridgehead atoms. The van der Waals surface area contributed by atoms with E-state index < -0.39 is 5.09 Å². The molecule has 7 nitrogen and oxygen atoms in total. The van der Waals surface area contributed by atoms with Crippen molar-refractivity contribution < 1.29 is 14.7 Å². The van der Waals surface area contributed by atoms with Crippen LogP contribution in [0.2, 0.25) is 0 Å². The molecule has 86 valence electrons. The van der Waals surface area contributed by atoms with Gasteiger partial charge in [0.1, 0.15) is 0 Å². The standard InChI is InChI=1S/C8H15N3O4/c12-8(7-3-1-4-9-7)10-5-2-6-15-11(13)14/h7,9H,1-6H2,(H,10,12). The molecule has 2 N–H and O–H groups in total. The minimum atomic E-state index is -0.833. The summed E-state index contributed by atoms with van der Waals surface area (Å²) in [5.41, 5.74) is 0. The minimum absolute atomic E-state index is 0.0192. The summed E-state index contributed by atoms with van der Waals surface area (Å²) in [6, 6.07) is -0.0959. The highest BCUT2D eigenvalue weighted by molar-refractivity contribution is 5.81. The lowest BCUT2D eigenvalue weighted by atomic mass is 10.2. The second-order valence-corrected chi connectivity index (χ2v) is 3.35. The van der Waals surface area contributed by atoms with Gasteiger partial charge in [0.2, 0.25) is 5.91 Å². The number of rotatable bonds is 6. The van der Waals surface area contributed by atoms with Crippen LogP contribution in [0.1, 0.15) is 19.3 Å². The van der Waals surface area contributed by atoms with Crippen molar-refractivity contribution in [3.05, 3.63) is 10.1 Å². The van der Waals surface area contributed by atoms with Crippen molar-refractivity contribution in [3.8, 4) is 0 Å². The van der Waals surface area contributed by atoms with Crippen molar-refractivity contribution in [2.75, 3.05) is 19.7 Å². The molecule has 1 saturated heterocycles. The van der Waals surface area contributed by atoms with Gasteiger partial charge in [-0.25, -0.2) is 0 Å². The third kappa shape index (κ3) is 4.59. The molecule has 0 aliphatic carbocycles. The molecule has 0 aromatic rings. The number of carbonyl (C=O) groups is 1. The number of amides is 1. The molecule has 0 aromatic carbocycles. The van der Waals surface area contributed by atoms with Crippen LogP contribution < -0.4 is 10.6 Å². The summed E-state index contributed by atoms with van der Waals surface area (Å²) in [4.78, 5) is 25.3. The molecule has 7 heteroatoms. The predicted molar refractivity (Wildman–Crippen MR) is 51.6 cm³/mol. The summed E-state index contributed by atoms with van der Waals surface area (Å²) in [7, 11) is 0. The molecule has 1 heterocycles. The Balaban J connectivity index is 1.99. The SMILES string of the molecule is O=C(NCCCO[N+](=O)[O-])C1CCCN1. The lowest BCUT2D eigenvalue weighted by Crippen LogP contribution is -2.40. The monoisotopic (exact) mass is 217 g/mol. The van der Waals surface area contributed by atoms with Crippen LogP contribution in [0.5, 0.6) is 0 Å². The topological polar surface area (TPSA) is 93.5 Å². The Hall–Kier alpha value is -1.37. The number of nitrogens with zero attached hydrogens (tertiary/aromatic N) is 1. The summed E-state index contributed by atoms with van der Waals surface area (Å²) >= 11 is 0. The maximum Gasteiger partial charge on any atom is 0.294 e. The zero-order valence-electron chi connectivity index (χ0n) is 8.40. The second kappa shape index (κ2) is 6.18. The summed E-state index contributed by atoms with van der Waals surface area (Å²) in [5, 5.41) is 14.7.